The highest BCUT2D eigenvalue weighted by Crippen LogP contribution is 2.25. The summed E-state index contributed by atoms with van der Waals surface area (Å²) in [6.07, 6.45) is 4.53. The first-order valence-corrected chi connectivity index (χ1v) is 5.92. The lowest BCUT2D eigenvalue weighted by atomic mass is 10.1. The van der Waals surface area contributed by atoms with E-state index in [4.69, 9.17) is 4.74 Å². The van der Waals surface area contributed by atoms with Crippen molar-refractivity contribution in [3.8, 4) is 11.4 Å². The summed E-state index contributed by atoms with van der Waals surface area (Å²) in [7, 11) is 3.75. The van der Waals surface area contributed by atoms with Crippen LogP contribution in [0.5, 0.6) is 0 Å². The molecule has 3 heterocycles. The van der Waals surface area contributed by atoms with Crippen molar-refractivity contribution in [1.82, 2.24) is 19.7 Å². The number of hydrogen-bond donors (Lipinski definition) is 1. The van der Waals surface area contributed by atoms with Crippen LogP contribution in [0.2, 0.25) is 0 Å². The minimum Gasteiger partial charge on any atom is -0.376 e. The maximum Gasteiger partial charge on any atom is 0.164 e. The fourth-order valence-electron chi connectivity index (χ4n) is 2.10. The summed E-state index contributed by atoms with van der Waals surface area (Å²) in [4.78, 5) is 9.15. The van der Waals surface area contributed by atoms with E-state index < -0.39 is 0 Å². The zero-order valence-corrected chi connectivity index (χ0v) is 10.5. The second-order valence-electron chi connectivity index (χ2n) is 4.28. The van der Waals surface area contributed by atoms with Gasteiger partial charge in [-0.3, -0.25) is 4.68 Å². The van der Waals surface area contributed by atoms with Crippen molar-refractivity contribution in [2.24, 2.45) is 7.05 Å². The Balaban J connectivity index is 2.11. The van der Waals surface area contributed by atoms with Crippen molar-refractivity contribution in [2.45, 2.75) is 13.0 Å². The van der Waals surface area contributed by atoms with Crippen LogP contribution < -0.4 is 5.32 Å². The first-order chi connectivity index (χ1) is 8.78. The predicted octanol–water partition coefficient (Wildman–Crippen LogP) is 0.991. The molecule has 2 aromatic heterocycles. The monoisotopic (exact) mass is 245 g/mol. The Morgan fingerprint density at radius 1 is 1.39 bits per heavy atom. The molecule has 0 saturated heterocycles. The third-order valence-electron chi connectivity index (χ3n) is 3.02. The van der Waals surface area contributed by atoms with Gasteiger partial charge >= 0.3 is 0 Å². The topological polar surface area (TPSA) is 64.9 Å². The van der Waals surface area contributed by atoms with Crippen LogP contribution in [0.3, 0.4) is 0 Å². The Kier molecular flexibility index (Phi) is 2.71. The standard InChI is InChI=1S/C12H15N5O/c1-13-12-9-7-18-4-3-10(9)15-11(16-12)8-5-14-17(2)6-8/h5-6H,3-4,7H2,1-2H3,(H,13,15,16). The molecule has 0 unspecified atom stereocenters. The van der Waals surface area contributed by atoms with Gasteiger partial charge in [0.2, 0.25) is 0 Å². The summed E-state index contributed by atoms with van der Waals surface area (Å²) in [5.74, 6) is 1.56. The van der Waals surface area contributed by atoms with Gasteiger partial charge in [0.25, 0.3) is 0 Å². The summed E-state index contributed by atoms with van der Waals surface area (Å²) in [6, 6.07) is 0. The molecule has 6 nitrogen and oxygen atoms in total. The maximum atomic E-state index is 5.45. The maximum absolute atomic E-state index is 5.45. The van der Waals surface area contributed by atoms with Gasteiger partial charge in [0.15, 0.2) is 5.82 Å². The number of ether oxygens (including phenoxy) is 1. The summed E-state index contributed by atoms with van der Waals surface area (Å²) in [5.41, 5.74) is 3.07. The molecule has 94 valence electrons. The van der Waals surface area contributed by atoms with E-state index in [-0.39, 0.29) is 0 Å². The number of nitrogens with zero attached hydrogens (tertiary/aromatic N) is 4. The number of rotatable bonds is 2. The molecule has 1 aliphatic heterocycles. The average molecular weight is 245 g/mol. The third kappa shape index (κ3) is 1.84. The molecule has 0 aliphatic carbocycles. The molecular weight excluding hydrogens is 230 g/mol. The van der Waals surface area contributed by atoms with Gasteiger partial charge in [-0.1, -0.05) is 0 Å². The molecule has 0 amide bonds. The SMILES string of the molecule is CNc1nc(-c2cnn(C)c2)nc2c1COCC2. The van der Waals surface area contributed by atoms with Crippen LogP contribution in [-0.2, 0) is 24.8 Å². The predicted molar refractivity (Wildman–Crippen MR) is 67.1 cm³/mol. The third-order valence-corrected chi connectivity index (χ3v) is 3.02. The number of aryl methyl sites for hydroxylation is 1. The Labute approximate surface area is 105 Å². The highest BCUT2D eigenvalue weighted by Gasteiger charge is 2.18. The first-order valence-electron chi connectivity index (χ1n) is 5.92. The largest absolute Gasteiger partial charge is 0.376 e. The molecule has 0 fully saturated rings. The fourth-order valence-corrected chi connectivity index (χ4v) is 2.10. The normalized spacial score (nSPS) is 14.3. The van der Waals surface area contributed by atoms with Crippen LogP contribution in [-0.4, -0.2) is 33.4 Å². The lowest BCUT2D eigenvalue weighted by molar-refractivity contribution is 0.109. The van der Waals surface area contributed by atoms with E-state index in [1.807, 2.05) is 20.3 Å². The molecule has 0 bridgehead atoms. The van der Waals surface area contributed by atoms with Crippen molar-refractivity contribution in [1.29, 1.82) is 0 Å². The van der Waals surface area contributed by atoms with Gasteiger partial charge in [-0.2, -0.15) is 5.10 Å². The molecule has 0 radical (unpaired) electrons. The van der Waals surface area contributed by atoms with E-state index in [9.17, 15) is 0 Å². The van der Waals surface area contributed by atoms with E-state index in [0.717, 1.165) is 35.7 Å². The van der Waals surface area contributed by atoms with Crippen LogP contribution in [0.15, 0.2) is 12.4 Å². The molecule has 2 aromatic rings. The lowest BCUT2D eigenvalue weighted by Gasteiger charge is -2.18. The fraction of sp³-hybridized carbons (Fsp3) is 0.417. The van der Waals surface area contributed by atoms with E-state index in [0.29, 0.717) is 12.4 Å². The van der Waals surface area contributed by atoms with E-state index >= 15 is 0 Å². The Morgan fingerprint density at radius 2 is 2.28 bits per heavy atom. The molecular formula is C12H15N5O. The second-order valence-corrected chi connectivity index (χ2v) is 4.28. The van der Waals surface area contributed by atoms with Gasteiger partial charge in [0.1, 0.15) is 5.82 Å². The molecule has 0 aromatic carbocycles. The molecule has 3 rings (SSSR count). The molecule has 0 atom stereocenters. The molecule has 0 saturated carbocycles. The minimum absolute atomic E-state index is 0.582. The number of nitrogens with one attached hydrogen (secondary N) is 1. The van der Waals surface area contributed by atoms with E-state index in [2.05, 4.69) is 20.4 Å². The number of anilines is 1. The molecule has 6 heteroatoms. The van der Waals surface area contributed by atoms with Gasteiger partial charge in [0.05, 0.1) is 30.7 Å². The van der Waals surface area contributed by atoms with Crippen molar-refractivity contribution < 1.29 is 4.74 Å². The van der Waals surface area contributed by atoms with Gasteiger partial charge in [0, 0.05) is 32.3 Å². The molecule has 0 spiro atoms. The molecule has 18 heavy (non-hydrogen) atoms. The van der Waals surface area contributed by atoms with Gasteiger partial charge in [-0.15, -0.1) is 0 Å². The molecule has 1 aliphatic rings. The summed E-state index contributed by atoms with van der Waals surface area (Å²) >= 11 is 0. The van der Waals surface area contributed by atoms with Gasteiger partial charge in [-0.05, 0) is 0 Å². The lowest BCUT2D eigenvalue weighted by Crippen LogP contribution is -2.16. The van der Waals surface area contributed by atoms with Crippen LogP contribution in [0, 0.1) is 0 Å². The minimum atomic E-state index is 0.582. The van der Waals surface area contributed by atoms with Crippen molar-refractivity contribution in [2.75, 3.05) is 19.0 Å². The van der Waals surface area contributed by atoms with Gasteiger partial charge in [-0.25, -0.2) is 9.97 Å². The number of fused-ring (bicyclic) bond motifs is 1. The van der Waals surface area contributed by atoms with Crippen molar-refractivity contribution in [3.63, 3.8) is 0 Å². The smallest absolute Gasteiger partial charge is 0.164 e. The van der Waals surface area contributed by atoms with E-state index in [1.54, 1.807) is 10.9 Å². The molecule has 1 N–H and O–H groups in total. The Bertz CT molecular complexity index is 561. The van der Waals surface area contributed by atoms with Crippen LogP contribution >= 0.6 is 0 Å². The highest BCUT2D eigenvalue weighted by atomic mass is 16.5. The first kappa shape index (κ1) is 11.2. The number of aromatic nitrogens is 4. The van der Waals surface area contributed by atoms with Crippen molar-refractivity contribution >= 4 is 5.82 Å². The van der Waals surface area contributed by atoms with Crippen LogP contribution in [0.25, 0.3) is 11.4 Å². The van der Waals surface area contributed by atoms with E-state index in [1.165, 1.54) is 0 Å². The summed E-state index contributed by atoms with van der Waals surface area (Å²) in [5, 5.41) is 7.27. The zero-order valence-electron chi connectivity index (χ0n) is 10.5. The average Bonchev–Trinajstić information content (AvgIpc) is 2.84. The van der Waals surface area contributed by atoms with Crippen molar-refractivity contribution in [3.05, 3.63) is 23.7 Å². The van der Waals surface area contributed by atoms with Crippen LogP contribution in [0.4, 0.5) is 5.82 Å². The second kappa shape index (κ2) is 4.38. The number of hydrogen-bond acceptors (Lipinski definition) is 5. The zero-order chi connectivity index (χ0) is 12.5. The summed E-state index contributed by atoms with van der Waals surface area (Å²) < 4.78 is 7.20. The van der Waals surface area contributed by atoms with Crippen LogP contribution in [0.1, 0.15) is 11.3 Å². The summed E-state index contributed by atoms with van der Waals surface area (Å²) in [6.45, 7) is 1.30. The van der Waals surface area contributed by atoms with Gasteiger partial charge < -0.3 is 10.1 Å². The Hall–Kier alpha value is -1.95. The quantitative estimate of drug-likeness (QED) is 0.854. The Morgan fingerprint density at radius 3 is 3.00 bits per heavy atom. The highest BCUT2D eigenvalue weighted by molar-refractivity contribution is 5.58.